The molecule has 0 radical (unpaired) electrons. The van der Waals surface area contributed by atoms with Crippen LogP contribution in [0.15, 0.2) is 12.1 Å². The van der Waals surface area contributed by atoms with E-state index in [4.69, 9.17) is 10.5 Å². The van der Waals surface area contributed by atoms with Crippen LogP contribution in [0.3, 0.4) is 0 Å². The Morgan fingerprint density at radius 2 is 1.92 bits per heavy atom. The second-order valence-electron chi connectivity index (χ2n) is 3.55. The summed E-state index contributed by atoms with van der Waals surface area (Å²) in [7, 11) is 1.69. The molecule has 0 atom stereocenters. The molecule has 0 aliphatic heterocycles. The number of anilines is 1. The molecule has 2 nitrogen and oxygen atoms in total. The molecule has 0 aliphatic carbocycles. The zero-order valence-corrected chi connectivity index (χ0v) is 8.72. The van der Waals surface area contributed by atoms with E-state index < -0.39 is 0 Å². The highest BCUT2D eigenvalue weighted by Gasteiger charge is 2.11. The lowest BCUT2D eigenvalue weighted by atomic mass is 9.96. The van der Waals surface area contributed by atoms with Gasteiger partial charge in [-0.25, -0.2) is 0 Å². The van der Waals surface area contributed by atoms with Gasteiger partial charge < -0.3 is 10.5 Å². The van der Waals surface area contributed by atoms with E-state index in [1.807, 2.05) is 19.1 Å². The van der Waals surface area contributed by atoms with E-state index in [-0.39, 0.29) is 0 Å². The maximum Gasteiger partial charge on any atom is 0.122 e. The molecule has 0 spiro atoms. The fourth-order valence-electron chi connectivity index (χ4n) is 1.62. The Balaban J connectivity index is 3.32. The molecular weight excluding hydrogens is 162 g/mol. The first-order valence-electron chi connectivity index (χ1n) is 4.51. The molecule has 0 bridgehead atoms. The van der Waals surface area contributed by atoms with Crippen molar-refractivity contribution in [1.29, 1.82) is 0 Å². The van der Waals surface area contributed by atoms with Crippen LogP contribution in [0.2, 0.25) is 0 Å². The van der Waals surface area contributed by atoms with Crippen molar-refractivity contribution in [2.45, 2.75) is 26.7 Å². The number of hydrogen-bond acceptors (Lipinski definition) is 2. The zero-order chi connectivity index (χ0) is 10.0. The third kappa shape index (κ3) is 1.77. The summed E-state index contributed by atoms with van der Waals surface area (Å²) >= 11 is 0. The molecule has 1 aromatic rings. The van der Waals surface area contributed by atoms with Gasteiger partial charge >= 0.3 is 0 Å². The summed E-state index contributed by atoms with van der Waals surface area (Å²) < 4.78 is 5.29. The van der Waals surface area contributed by atoms with E-state index in [9.17, 15) is 0 Å². The minimum absolute atomic E-state index is 0.443. The predicted molar refractivity (Wildman–Crippen MR) is 56.2 cm³/mol. The van der Waals surface area contributed by atoms with Crippen molar-refractivity contribution in [2.24, 2.45) is 0 Å². The van der Waals surface area contributed by atoms with Crippen LogP contribution >= 0.6 is 0 Å². The lowest BCUT2D eigenvalue weighted by Crippen LogP contribution is -2.00. The predicted octanol–water partition coefficient (Wildman–Crippen LogP) is 2.71. The van der Waals surface area contributed by atoms with Gasteiger partial charge in [-0.15, -0.1) is 0 Å². The number of benzene rings is 1. The van der Waals surface area contributed by atoms with Crippen molar-refractivity contribution in [2.75, 3.05) is 12.8 Å². The lowest BCUT2D eigenvalue weighted by Gasteiger charge is -2.16. The van der Waals surface area contributed by atoms with Gasteiger partial charge in [0.05, 0.1) is 7.11 Å². The Kier molecular flexibility index (Phi) is 2.81. The molecule has 0 heterocycles. The molecule has 0 amide bonds. The van der Waals surface area contributed by atoms with Crippen LogP contribution in [0.1, 0.15) is 30.9 Å². The van der Waals surface area contributed by atoms with Crippen LogP contribution in [0, 0.1) is 6.92 Å². The zero-order valence-electron chi connectivity index (χ0n) is 8.72. The van der Waals surface area contributed by atoms with E-state index in [1.54, 1.807) is 7.11 Å². The third-order valence-electron chi connectivity index (χ3n) is 2.31. The molecule has 1 rings (SSSR count). The second kappa shape index (κ2) is 3.69. The van der Waals surface area contributed by atoms with Gasteiger partial charge in [0, 0.05) is 11.3 Å². The summed E-state index contributed by atoms with van der Waals surface area (Å²) in [6.07, 6.45) is 0. The molecule has 0 fully saturated rings. The quantitative estimate of drug-likeness (QED) is 0.708. The Labute approximate surface area is 79.7 Å². The largest absolute Gasteiger partial charge is 0.496 e. The molecule has 0 unspecified atom stereocenters. The van der Waals surface area contributed by atoms with Gasteiger partial charge in [0.15, 0.2) is 0 Å². The van der Waals surface area contributed by atoms with E-state index in [1.165, 1.54) is 5.56 Å². The van der Waals surface area contributed by atoms with Crippen molar-refractivity contribution >= 4 is 5.69 Å². The Bertz CT molecular complexity index is 305. The highest BCUT2D eigenvalue weighted by molar-refractivity contribution is 5.56. The van der Waals surface area contributed by atoms with Crippen LogP contribution in [-0.2, 0) is 0 Å². The Morgan fingerprint density at radius 1 is 1.31 bits per heavy atom. The average molecular weight is 179 g/mol. The number of nitrogens with two attached hydrogens (primary N) is 1. The fourth-order valence-corrected chi connectivity index (χ4v) is 1.62. The molecule has 2 N–H and O–H groups in total. The highest BCUT2D eigenvalue weighted by atomic mass is 16.5. The van der Waals surface area contributed by atoms with Crippen LogP contribution in [0.25, 0.3) is 0 Å². The first kappa shape index (κ1) is 9.90. The van der Waals surface area contributed by atoms with Crippen molar-refractivity contribution in [1.82, 2.24) is 0 Å². The number of ether oxygens (including phenoxy) is 1. The van der Waals surface area contributed by atoms with Gasteiger partial charge in [-0.2, -0.15) is 0 Å². The fraction of sp³-hybridized carbons (Fsp3) is 0.455. The van der Waals surface area contributed by atoms with Crippen molar-refractivity contribution in [3.05, 3.63) is 23.3 Å². The number of nitrogen functional groups attached to an aromatic ring is 1. The van der Waals surface area contributed by atoms with E-state index >= 15 is 0 Å². The van der Waals surface area contributed by atoms with E-state index in [0.29, 0.717) is 5.92 Å². The summed E-state index contributed by atoms with van der Waals surface area (Å²) in [5, 5.41) is 0. The Morgan fingerprint density at radius 3 is 2.38 bits per heavy atom. The second-order valence-corrected chi connectivity index (χ2v) is 3.55. The first-order chi connectivity index (χ1) is 6.07. The van der Waals surface area contributed by atoms with Gasteiger partial charge in [-0.05, 0) is 30.5 Å². The average Bonchev–Trinajstić information content (AvgIpc) is 2.08. The van der Waals surface area contributed by atoms with Crippen LogP contribution in [0.5, 0.6) is 5.75 Å². The van der Waals surface area contributed by atoms with Crippen molar-refractivity contribution < 1.29 is 4.74 Å². The standard InChI is InChI=1S/C11H17NO/c1-7(2)11-8(3)9(12)5-6-10(11)13-4/h5-7H,12H2,1-4H3. The number of rotatable bonds is 2. The van der Waals surface area contributed by atoms with Crippen LogP contribution < -0.4 is 10.5 Å². The van der Waals surface area contributed by atoms with E-state index in [0.717, 1.165) is 17.0 Å². The maximum atomic E-state index is 5.83. The molecule has 0 saturated carbocycles. The molecule has 0 aliphatic rings. The number of hydrogen-bond donors (Lipinski definition) is 1. The number of methoxy groups -OCH3 is 1. The summed E-state index contributed by atoms with van der Waals surface area (Å²) in [4.78, 5) is 0. The maximum absolute atomic E-state index is 5.83. The minimum Gasteiger partial charge on any atom is -0.496 e. The van der Waals surface area contributed by atoms with Gasteiger partial charge in [0.2, 0.25) is 0 Å². The monoisotopic (exact) mass is 179 g/mol. The molecule has 2 heteroatoms. The lowest BCUT2D eigenvalue weighted by molar-refractivity contribution is 0.407. The SMILES string of the molecule is COc1ccc(N)c(C)c1C(C)C. The molecule has 72 valence electrons. The van der Waals surface area contributed by atoms with Crippen molar-refractivity contribution in [3.63, 3.8) is 0 Å². The highest BCUT2D eigenvalue weighted by Crippen LogP contribution is 2.32. The normalized spacial score (nSPS) is 10.5. The minimum atomic E-state index is 0.443. The third-order valence-corrected chi connectivity index (χ3v) is 2.31. The molecule has 1 aromatic carbocycles. The topological polar surface area (TPSA) is 35.2 Å². The molecule has 0 saturated heterocycles. The molecule has 13 heavy (non-hydrogen) atoms. The smallest absolute Gasteiger partial charge is 0.122 e. The van der Waals surface area contributed by atoms with Gasteiger partial charge in [-0.1, -0.05) is 13.8 Å². The van der Waals surface area contributed by atoms with Gasteiger partial charge in [0.25, 0.3) is 0 Å². The van der Waals surface area contributed by atoms with Crippen LogP contribution in [0.4, 0.5) is 5.69 Å². The first-order valence-corrected chi connectivity index (χ1v) is 4.51. The molecule has 0 aromatic heterocycles. The van der Waals surface area contributed by atoms with Crippen molar-refractivity contribution in [3.8, 4) is 5.75 Å². The van der Waals surface area contributed by atoms with E-state index in [2.05, 4.69) is 13.8 Å². The summed E-state index contributed by atoms with van der Waals surface area (Å²) in [6.45, 7) is 6.32. The van der Waals surface area contributed by atoms with Gasteiger partial charge in [0.1, 0.15) is 5.75 Å². The summed E-state index contributed by atoms with van der Waals surface area (Å²) in [5.74, 6) is 1.38. The molecular formula is C11H17NO. The van der Waals surface area contributed by atoms with Crippen LogP contribution in [-0.4, -0.2) is 7.11 Å². The van der Waals surface area contributed by atoms with Gasteiger partial charge in [-0.3, -0.25) is 0 Å². The Hall–Kier alpha value is -1.18. The summed E-state index contributed by atoms with van der Waals surface area (Å²) in [5.41, 5.74) is 9.01. The summed E-state index contributed by atoms with van der Waals surface area (Å²) in [6, 6.07) is 3.82.